The molecule has 0 spiro atoms. The predicted molar refractivity (Wildman–Crippen MR) is 119 cm³/mol. The first kappa shape index (κ1) is 21.4. The second kappa shape index (κ2) is 9.94. The Bertz CT molecular complexity index is 1010. The molecule has 6 heteroatoms. The van der Waals surface area contributed by atoms with Gasteiger partial charge in [-0.2, -0.15) is 0 Å². The number of anilines is 1. The summed E-state index contributed by atoms with van der Waals surface area (Å²) < 4.78 is 5.66. The maximum atomic E-state index is 13.0. The summed E-state index contributed by atoms with van der Waals surface area (Å²) in [5, 5.41) is 3.39. The number of amides is 2. The molecule has 3 aromatic carbocycles. The summed E-state index contributed by atoms with van der Waals surface area (Å²) in [5.74, 6) is 0.00550. The summed E-state index contributed by atoms with van der Waals surface area (Å²) in [6, 6.07) is 23.5. The van der Waals surface area contributed by atoms with E-state index in [-0.39, 0.29) is 11.8 Å². The van der Waals surface area contributed by atoms with Gasteiger partial charge in [-0.15, -0.1) is 0 Å². The van der Waals surface area contributed by atoms with E-state index in [1.165, 1.54) is 0 Å². The molecule has 0 aliphatic carbocycles. The Balaban J connectivity index is 1.68. The average Bonchev–Trinajstić information content (AvgIpc) is 2.76. The monoisotopic (exact) mass is 422 g/mol. The zero-order valence-corrected chi connectivity index (χ0v) is 17.6. The maximum Gasteiger partial charge on any atom is 0.265 e. The highest BCUT2D eigenvalue weighted by molar-refractivity contribution is 6.30. The van der Waals surface area contributed by atoms with Crippen molar-refractivity contribution in [3.63, 3.8) is 0 Å². The van der Waals surface area contributed by atoms with Gasteiger partial charge < -0.3 is 15.0 Å². The highest BCUT2D eigenvalue weighted by atomic mass is 35.5. The van der Waals surface area contributed by atoms with Crippen LogP contribution in [0.2, 0.25) is 5.02 Å². The van der Waals surface area contributed by atoms with E-state index >= 15 is 0 Å². The number of carbonyl (C=O) groups is 2. The molecule has 5 nitrogen and oxygen atoms in total. The van der Waals surface area contributed by atoms with Gasteiger partial charge in [-0.1, -0.05) is 54.1 Å². The van der Waals surface area contributed by atoms with Crippen LogP contribution >= 0.6 is 11.6 Å². The first-order valence-electron chi connectivity index (χ1n) is 9.55. The summed E-state index contributed by atoms with van der Waals surface area (Å²) in [6.07, 6.45) is -0.753. The van der Waals surface area contributed by atoms with Gasteiger partial charge in [0.1, 0.15) is 5.75 Å². The standard InChI is InChI=1S/C24H23ClN2O3/c1-17(30-20-14-12-19(25)13-15-20)23(28)26-22-11-7-6-10-21(22)24(29)27(2)16-18-8-4-3-5-9-18/h3-15,17H,16H2,1-2H3,(H,26,28). The number of benzene rings is 3. The van der Waals surface area contributed by atoms with Gasteiger partial charge in [0.05, 0.1) is 11.3 Å². The highest BCUT2D eigenvalue weighted by Gasteiger charge is 2.20. The summed E-state index contributed by atoms with van der Waals surface area (Å²) in [4.78, 5) is 27.2. The van der Waals surface area contributed by atoms with Crippen LogP contribution in [0, 0.1) is 0 Å². The van der Waals surface area contributed by atoms with Crippen molar-refractivity contribution in [1.29, 1.82) is 0 Å². The van der Waals surface area contributed by atoms with Crippen molar-refractivity contribution in [3.05, 3.63) is 95.0 Å². The van der Waals surface area contributed by atoms with E-state index in [1.54, 1.807) is 67.4 Å². The molecule has 0 bridgehead atoms. The molecule has 0 saturated carbocycles. The van der Waals surface area contributed by atoms with Crippen molar-refractivity contribution in [1.82, 2.24) is 4.90 Å². The summed E-state index contributed by atoms with van der Waals surface area (Å²) in [5.41, 5.74) is 1.89. The zero-order valence-electron chi connectivity index (χ0n) is 16.8. The summed E-state index contributed by atoms with van der Waals surface area (Å²) in [7, 11) is 1.74. The van der Waals surface area contributed by atoms with Gasteiger partial charge in [0, 0.05) is 18.6 Å². The SMILES string of the molecule is CC(Oc1ccc(Cl)cc1)C(=O)Nc1ccccc1C(=O)N(C)Cc1ccccc1. The van der Waals surface area contributed by atoms with Crippen LogP contribution < -0.4 is 10.1 Å². The molecule has 154 valence electrons. The molecular weight excluding hydrogens is 400 g/mol. The first-order chi connectivity index (χ1) is 14.4. The highest BCUT2D eigenvalue weighted by Crippen LogP contribution is 2.20. The lowest BCUT2D eigenvalue weighted by molar-refractivity contribution is -0.122. The van der Waals surface area contributed by atoms with Crippen LogP contribution in [-0.2, 0) is 11.3 Å². The molecular formula is C24H23ClN2O3. The number of para-hydroxylation sites is 1. The van der Waals surface area contributed by atoms with E-state index in [9.17, 15) is 9.59 Å². The van der Waals surface area contributed by atoms with Crippen LogP contribution in [-0.4, -0.2) is 29.9 Å². The molecule has 0 saturated heterocycles. The topological polar surface area (TPSA) is 58.6 Å². The third kappa shape index (κ3) is 5.61. The van der Waals surface area contributed by atoms with E-state index < -0.39 is 6.10 Å². The summed E-state index contributed by atoms with van der Waals surface area (Å²) >= 11 is 5.87. The minimum atomic E-state index is -0.753. The van der Waals surface area contributed by atoms with Crippen molar-refractivity contribution >= 4 is 29.1 Å². The molecule has 3 aromatic rings. The van der Waals surface area contributed by atoms with Crippen LogP contribution in [0.25, 0.3) is 0 Å². The quantitative estimate of drug-likeness (QED) is 0.581. The van der Waals surface area contributed by atoms with Crippen LogP contribution in [0.1, 0.15) is 22.8 Å². The van der Waals surface area contributed by atoms with E-state index in [0.717, 1.165) is 5.56 Å². The number of carbonyl (C=O) groups excluding carboxylic acids is 2. The fraction of sp³-hybridized carbons (Fsp3) is 0.167. The molecule has 0 heterocycles. The Hall–Kier alpha value is -3.31. The predicted octanol–water partition coefficient (Wildman–Crippen LogP) is 5.02. The minimum Gasteiger partial charge on any atom is -0.481 e. The molecule has 2 amide bonds. The number of nitrogens with one attached hydrogen (secondary N) is 1. The molecule has 0 aliphatic rings. The first-order valence-corrected chi connectivity index (χ1v) is 9.93. The van der Waals surface area contributed by atoms with Crippen LogP contribution in [0.5, 0.6) is 5.75 Å². The van der Waals surface area contributed by atoms with Crippen molar-refractivity contribution in [2.24, 2.45) is 0 Å². The van der Waals surface area contributed by atoms with Crippen LogP contribution in [0.4, 0.5) is 5.69 Å². The second-order valence-corrected chi connectivity index (χ2v) is 7.33. The maximum absolute atomic E-state index is 13.0. The molecule has 0 aliphatic heterocycles. The Morgan fingerprint density at radius 2 is 1.60 bits per heavy atom. The second-order valence-electron chi connectivity index (χ2n) is 6.90. The van der Waals surface area contributed by atoms with Gasteiger partial charge in [-0.3, -0.25) is 9.59 Å². The minimum absolute atomic E-state index is 0.180. The Morgan fingerprint density at radius 1 is 0.967 bits per heavy atom. The molecule has 1 unspecified atom stereocenters. The molecule has 30 heavy (non-hydrogen) atoms. The Morgan fingerprint density at radius 3 is 2.30 bits per heavy atom. The Kier molecular flexibility index (Phi) is 7.09. The fourth-order valence-electron chi connectivity index (χ4n) is 2.92. The van der Waals surface area contributed by atoms with Gasteiger partial charge in [0.2, 0.25) is 0 Å². The number of halogens is 1. The molecule has 3 rings (SSSR count). The third-order valence-corrected chi connectivity index (χ3v) is 4.77. The molecule has 1 atom stereocenters. The van der Waals surface area contributed by atoms with Gasteiger partial charge in [-0.25, -0.2) is 0 Å². The molecule has 1 N–H and O–H groups in total. The zero-order chi connectivity index (χ0) is 21.5. The van der Waals surface area contributed by atoms with Crippen molar-refractivity contribution < 1.29 is 14.3 Å². The van der Waals surface area contributed by atoms with Crippen LogP contribution in [0.3, 0.4) is 0 Å². The van der Waals surface area contributed by atoms with Gasteiger partial charge >= 0.3 is 0 Å². The number of ether oxygens (including phenoxy) is 1. The molecule has 0 fully saturated rings. The molecule has 0 aromatic heterocycles. The average molecular weight is 423 g/mol. The number of hydrogen-bond donors (Lipinski definition) is 1. The number of hydrogen-bond acceptors (Lipinski definition) is 3. The van der Waals surface area contributed by atoms with Crippen molar-refractivity contribution in [2.45, 2.75) is 19.6 Å². The molecule has 0 radical (unpaired) electrons. The normalized spacial score (nSPS) is 11.4. The third-order valence-electron chi connectivity index (χ3n) is 4.52. The lowest BCUT2D eigenvalue weighted by Crippen LogP contribution is -2.32. The van der Waals surface area contributed by atoms with Crippen molar-refractivity contribution in [2.75, 3.05) is 12.4 Å². The lowest BCUT2D eigenvalue weighted by atomic mass is 10.1. The van der Waals surface area contributed by atoms with E-state index in [1.807, 2.05) is 30.3 Å². The number of rotatable bonds is 7. The van der Waals surface area contributed by atoms with E-state index in [0.29, 0.717) is 28.6 Å². The van der Waals surface area contributed by atoms with E-state index in [2.05, 4.69) is 5.32 Å². The Labute approximate surface area is 181 Å². The lowest BCUT2D eigenvalue weighted by Gasteiger charge is -2.20. The summed E-state index contributed by atoms with van der Waals surface area (Å²) in [6.45, 7) is 2.12. The number of nitrogens with zero attached hydrogens (tertiary/aromatic N) is 1. The fourth-order valence-corrected chi connectivity index (χ4v) is 3.04. The van der Waals surface area contributed by atoms with Gasteiger partial charge in [0.15, 0.2) is 6.10 Å². The largest absolute Gasteiger partial charge is 0.481 e. The van der Waals surface area contributed by atoms with Crippen molar-refractivity contribution in [3.8, 4) is 5.75 Å². The van der Waals surface area contributed by atoms with Crippen LogP contribution in [0.15, 0.2) is 78.9 Å². The smallest absolute Gasteiger partial charge is 0.265 e. The van der Waals surface area contributed by atoms with Gasteiger partial charge in [-0.05, 0) is 48.9 Å². The van der Waals surface area contributed by atoms with E-state index in [4.69, 9.17) is 16.3 Å². The van der Waals surface area contributed by atoms with Gasteiger partial charge in [0.25, 0.3) is 11.8 Å².